The van der Waals surface area contributed by atoms with Gasteiger partial charge in [-0.1, -0.05) is 0 Å². The number of ketones is 1. The third-order valence-electron chi connectivity index (χ3n) is 2.42. The summed E-state index contributed by atoms with van der Waals surface area (Å²) >= 11 is 6.49. The van der Waals surface area contributed by atoms with E-state index >= 15 is 0 Å². The predicted molar refractivity (Wildman–Crippen MR) is 78.5 cm³/mol. The Bertz CT molecular complexity index is 598. The number of hydrogen-bond donors (Lipinski definition) is 1. The van der Waals surface area contributed by atoms with E-state index in [1.807, 2.05) is 0 Å². The summed E-state index contributed by atoms with van der Waals surface area (Å²) in [6.45, 7) is 1.75. The Kier molecular flexibility index (Phi) is 6.20. The Labute approximate surface area is 150 Å². The molecule has 0 saturated carbocycles. The smallest absolute Gasteiger partial charge is 0.506 e. The van der Waals surface area contributed by atoms with Crippen molar-refractivity contribution in [1.29, 1.82) is 0 Å². The molecule has 1 aromatic carbocycles. The van der Waals surface area contributed by atoms with Gasteiger partial charge in [-0.05, 0) is 74.7 Å². The fourth-order valence-corrected chi connectivity index (χ4v) is 2.63. The molecule has 0 saturated heterocycles. The largest absolute Gasteiger partial charge is 1.00 e. The summed E-state index contributed by atoms with van der Waals surface area (Å²) in [4.78, 5) is 15.7. The van der Waals surface area contributed by atoms with E-state index in [0.717, 1.165) is 0 Å². The molecule has 92 valence electrons. The van der Waals surface area contributed by atoms with E-state index in [0.29, 0.717) is 25.9 Å². The van der Waals surface area contributed by atoms with Gasteiger partial charge in [-0.15, -0.1) is 0 Å². The molecule has 1 aliphatic carbocycles. The second-order valence-electron chi connectivity index (χ2n) is 3.82. The zero-order valence-corrected chi connectivity index (χ0v) is 15.6. The van der Waals surface area contributed by atoms with Crippen molar-refractivity contribution in [2.24, 2.45) is 4.99 Å². The topological polar surface area (TPSA) is 49.7 Å². The summed E-state index contributed by atoms with van der Waals surface area (Å²) < 4.78 is 1.13. The summed E-state index contributed by atoms with van der Waals surface area (Å²) in [5.74, 6) is 0.141. The summed E-state index contributed by atoms with van der Waals surface area (Å²) in [6, 6.07) is 3.42. The number of carbonyl (C=O) groups is 1. The van der Waals surface area contributed by atoms with Crippen molar-refractivity contribution in [3.63, 3.8) is 0 Å². The summed E-state index contributed by atoms with van der Waals surface area (Å²) in [5, 5.41) is 9.60. The molecular weight excluding hydrogens is 385 g/mol. The molecule has 1 N–H and O–H groups in total. The SMILES string of the molecule is CC1=CC(=Nc2cc(Br)c(O)c(Br)c2)C=CC1=O.[Na+]. The average molecular weight is 394 g/mol. The zero-order chi connectivity index (χ0) is 13.3. The van der Waals surface area contributed by atoms with Crippen LogP contribution in [0.4, 0.5) is 5.69 Å². The molecule has 1 aromatic rings. The fraction of sp³-hybridized carbons (Fsp3) is 0.0769. The third kappa shape index (κ3) is 4.13. The molecule has 0 unspecified atom stereocenters. The van der Waals surface area contributed by atoms with E-state index in [9.17, 15) is 9.90 Å². The van der Waals surface area contributed by atoms with Crippen LogP contribution in [0.25, 0.3) is 0 Å². The van der Waals surface area contributed by atoms with Gasteiger partial charge in [0.2, 0.25) is 0 Å². The summed E-state index contributed by atoms with van der Waals surface area (Å²) in [5.41, 5.74) is 2.05. The van der Waals surface area contributed by atoms with Crippen LogP contribution in [0.2, 0.25) is 0 Å². The van der Waals surface area contributed by atoms with Crippen molar-refractivity contribution in [3.05, 3.63) is 44.9 Å². The first-order chi connectivity index (χ1) is 8.47. The molecule has 2 rings (SSSR count). The Balaban J connectivity index is 0.00000180. The van der Waals surface area contributed by atoms with Crippen LogP contribution in [-0.4, -0.2) is 16.6 Å². The number of allylic oxidation sites excluding steroid dienone is 4. The molecule has 0 aliphatic heterocycles. The first-order valence-corrected chi connectivity index (χ1v) is 6.73. The fourth-order valence-electron chi connectivity index (χ4n) is 1.47. The number of carbonyl (C=O) groups excluding carboxylic acids is 1. The van der Waals surface area contributed by atoms with Crippen molar-refractivity contribution >= 4 is 49.0 Å². The minimum Gasteiger partial charge on any atom is -0.506 e. The monoisotopic (exact) mass is 392 g/mol. The minimum atomic E-state index is 0. The molecule has 6 heteroatoms. The van der Waals surface area contributed by atoms with Gasteiger partial charge in [-0.3, -0.25) is 4.79 Å². The van der Waals surface area contributed by atoms with Gasteiger partial charge in [-0.2, -0.15) is 0 Å². The van der Waals surface area contributed by atoms with Gasteiger partial charge in [0.15, 0.2) is 5.78 Å². The van der Waals surface area contributed by atoms with Crippen LogP contribution in [0.15, 0.2) is 49.9 Å². The van der Waals surface area contributed by atoms with E-state index in [1.54, 1.807) is 31.2 Å². The number of benzene rings is 1. The van der Waals surface area contributed by atoms with Crippen molar-refractivity contribution in [1.82, 2.24) is 0 Å². The van der Waals surface area contributed by atoms with E-state index in [2.05, 4.69) is 36.9 Å². The molecule has 0 radical (unpaired) electrons. The molecule has 1 aliphatic rings. The van der Waals surface area contributed by atoms with Gasteiger partial charge < -0.3 is 5.11 Å². The second kappa shape index (κ2) is 6.99. The van der Waals surface area contributed by atoms with E-state index in [1.165, 1.54) is 6.08 Å². The molecule has 0 spiro atoms. The maximum atomic E-state index is 11.3. The van der Waals surface area contributed by atoms with Crippen LogP contribution >= 0.6 is 31.9 Å². The number of rotatable bonds is 1. The van der Waals surface area contributed by atoms with E-state index < -0.39 is 0 Å². The summed E-state index contributed by atoms with van der Waals surface area (Å²) in [7, 11) is 0. The Hall–Kier alpha value is -0.200. The maximum absolute atomic E-state index is 11.3. The van der Waals surface area contributed by atoms with Crippen LogP contribution < -0.4 is 29.6 Å². The second-order valence-corrected chi connectivity index (χ2v) is 5.53. The quantitative estimate of drug-likeness (QED) is 0.573. The number of nitrogens with zero attached hydrogens (tertiary/aromatic N) is 1. The van der Waals surface area contributed by atoms with Gasteiger partial charge in [0.05, 0.1) is 20.3 Å². The standard InChI is InChI=1S/C13H9Br2NO2.Na/c1-7-4-8(2-3-12(7)17)16-9-5-10(14)13(18)11(15)6-9;/h2-6,18H,1H3;/q;+1. The molecule has 19 heavy (non-hydrogen) atoms. The van der Waals surface area contributed by atoms with Gasteiger partial charge in [0.25, 0.3) is 0 Å². The first kappa shape index (κ1) is 16.9. The minimum absolute atomic E-state index is 0. The molecule has 0 bridgehead atoms. The van der Waals surface area contributed by atoms with Crippen LogP contribution in [0, 0.1) is 0 Å². The number of phenols is 1. The van der Waals surface area contributed by atoms with Gasteiger partial charge in [-0.25, -0.2) is 4.99 Å². The first-order valence-electron chi connectivity index (χ1n) is 5.15. The number of aromatic hydroxyl groups is 1. The van der Waals surface area contributed by atoms with Crippen molar-refractivity contribution in [2.45, 2.75) is 6.92 Å². The predicted octanol–water partition coefficient (Wildman–Crippen LogP) is 1.08. The molecule has 0 fully saturated rings. The van der Waals surface area contributed by atoms with Gasteiger partial charge in [0, 0.05) is 0 Å². The molecule has 0 heterocycles. The molecule has 0 atom stereocenters. The normalized spacial score (nSPS) is 16.3. The number of phenolic OH excluding ortho intramolecular Hbond substituents is 1. The maximum Gasteiger partial charge on any atom is 1.00 e. The Morgan fingerprint density at radius 1 is 1.16 bits per heavy atom. The van der Waals surface area contributed by atoms with E-state index in [4.69, 9.17) is 0 Å². The average Bonchev–Trinajstić information content (AvgIpc) is 2.31. The van der Waals surface area contributed by atoms with Crippen LogP contribution in [0.1, 0.15) is 6.92 Å². The van der Waals surface area contributed by atoms with Gasteiger partial charge >= 0.3 is 29.6 Å². The third-order valence-corrected chi connectivity index (χ3v) is 3.63. The Morgan fingerprint density at radius 3 is 2.26 bits per heavy atom. The number of halogens is 2. The van der Waals surface area contributed by atoms with Crippen molar-refractivity contribution < 1.29 is 39.5 Å². The van der Waals surface area contributed by atoms with Crippen molar-refractivity contribution in [3.8, 4) is 5.75 Å². The van der Waals surface area contributed by atoms with Gasteiger partial charge in [0.1, 0.15) is 5.75 Å². The van der Waals surface area contributed by atoms with Crippen molar-refractivity contribution in [2.75, 3.05) is 0 Å². The van der Waals surface area contributed by atoms with Crippen LogP contribution in [0.3, 0.4) is 0 Å². The molecule has 3 nitrogen and oxygen atoms in total. The van der Waals surface area contributed by atoms with E-state index in [-0.39, 0.29) is 41.1 Å². The summed E-state index contributed by atoms with van der Waals surface area (Å²) in [6.07, 6.45) is 4.90. The molecule has 0 aromatic heterocycles. The molecular formula is C13H9Br2NNaO2+. The van der Waals surface area contributed by atoms with Crippen LogP contribution in [0.5, 0.6) is 5.75 Å². The van der Waals surface area contributed by atoms with Crippen LogP contribution in [-0.2, 0) is 4.79 Å². The Morgan fingerprint density at radius 2 is 1.74 bits per heavy atom. The zero-order valence-electron chi connectivity index (χ0n) is 10.4. The number of aliphatic imine (C=N–C) groups is 1. The molecule has 0 amide bonds. The number of hydrogen-bond acceptors (Lipinski definition) is 3.